The fraction of sp³-hybridized carbons (Fsp3) is 0.591. The Morgan fingerprint density at radius 1 is 0.966 bits per heavy atom. The third kappa shape index (κ3) is 4.38. The number of amides is 4. The number of urea groups is 1. The zero-order valence-electron chi connectivity index (χ0n) is 16.9. The number of benzene rings is 1. The quantitative estimate of drug-likeness (QED) is 0.592. The van der Waals surface area contributed by atoms with Gasteiger partial charge in [-0.15, -0.1) is 0 Å². The van der Waals surface area contributed by atoms with E-state index >= 15 is 0 Å². The highest BCUT2D eigenvalue weighted by Crippen LogP contribution is 2.60. The van der Waals surface area contributed by atoms with Crippen molar-refractivity contribution in [3.8, 4) is 0 Å². The molecular formula is C22H30N4O3. The van der Waals surface area contributed by atoms with Crippen LogP contribution in [0.1, 0.15) is 44.9 Å². The van der Waals surface area contributed by atoms with Crippen LogP contribution in [0.3, 0.4) is 0 Å². The van der Waals surface area contributed by atoms with Crippen molar-refractivity contribution in [3.63, 3.8) is 0 Å². The maximum absolute atomic E-state index is 12.9. The predicted molar refractivity (Wildman–Crippen MR) is 111 cm³/mol. The summed E-state index contributed by atoms with van der Waals surface area (Å²) in [6.45, 7) is 0.350. The Labute approximate surface area is 171 Å². The molecule has 4 bridgehead atoms. The summed E-state index contributed by atoms with van der Waals surface area (Å²) in [6.07, 6.45) is 7.24. The summed E-state index contributed by atoms with van der Waals surface area (Å²) in [5.74, 6) is 2.18. The molecule has 4 N–H and O–H groups in total. The minimum atomic E-state index is -0.319. The molecule has 5 rings (SSSR count). The zero-order chi connectivity index (χ0) is 20.4. The first-order chi connectivity index (χ1) is 14.0. The fourth-order valence-corrected chi connectivity index (χ4v) is 5.96. The van der Waals surface area contributed by atoms with Crippen molar-refractivity contribution in [3.05, 3.63) is 24.3 Å². The lowest BCUT2D eigenvalue weighted by Gasteiger charge is -2.55. The van der Waals surface area contributed by atoms with E-state index < -0.39 is 0 Å². The molecule has 0 radical (unpaired) electrons. The lowest BCUT2D eigenvalue weighted by molar-refractivity contribution is -0.146. The second kappa shape index (κ2) is 8.05. The molecule has 1 aromatic rings. The number of nitrogens with one attached hydrogen (secondary N) is 4. The van der Waals surface area contributed by atoms with Crippen LogP contribution in [0, 0.1) is 23.2 Å². The van der Waals surface area contributed by atoms with Crippen LogP contribution in [0.4, 0.5) is 16.2 Å². The van der Waals surface area contributed by atoms with Crippen LogP contribution in [0.5, 0.6) is 0 Å². The van der Waals surface area contributed by atoms with E-state index in [0.717, 1.165) is 37.0 Å². The molecule has 0 unspecified atom stereocenters. The standard InChI is InChI=1S/C22H30N4O3/c1-23-21(29)26-18-4-2-3-17(10-18)25-19(27)5-6-24-20(28)22-11-14-7-15(12-22)9-16(8-14)13-22/h2-4,10,14-16H,5-9,11-13H2,1H3,(H,24,28)(H,25,27)(H2,23,26,29). The van der Waals surface area contributed by atoms with Crippen LogP contribution in [-0.2, 0) is 9.59 Å². The van der Waals surface area contributed by atoms with Gasteiger partial charge in [0.15, 0.2) is 0 Å². The van der Waals surface area contributed by atoms with E-state index in [-0.39, 0.29) is 29.7 Å². The molecule has 0 saturated heterocycles. The van der Waals surface area contributed by atoms with Crippen molar-refractivity contribution in [1.29, 1.82) is 0 Å². The van der Waals surface area contributed by atoms with Crippen molar-refractivity contribution < 1.29 is 14.4 Å². The molecule has 4 aliphatic rings. The molecule has 0 spiro atoms. The van der Waals surface area contributed by atoms with Crippen LogP contribution in [0.2, 0.25) is 0 Å². The second-order valence-corrected chi connectivity index (χ2v) is 9.04. The summed E-state index contributed by atoms with van der Waals surface area (Å²) in [5.41, 5.74) is 1.03. The van der Waals surface area contributed by atoms with Gasteiger partial charge in [-0.2, -0.15) is 0 Å². The van der Waals surface area contributed by atoms with Crippen molar-refractivity contribution in [2.24, 2.45) is 23.2 Å². The van der Waals surface area contributed by atoms with Crippen molar-refractivity contribution in [2.45, 2.75) is 44.9 Å². The highest BCUT2D eigenvalue weighted by molar-refractivity contribution is 5.93. The number of hydrogen-bond acceptors (Lipinski definition) is 3. The first-order valence-corrected chi connectivity index (χ1v) is 10.6. The van der Waals surface area contributed by atoms with Crippen LogP contribution >= 0.6 is 0 Å². The van der Waals surface area contributed by atoms with E-state index in [2.05, 4.69) is 21.3 Å². The van der Waals surface area contributed by atoms with Crippen LogP contribution in [0.25, 0.3) is 0 Å². The lowest BCUT2D eigenvalue weighted by Crippen LogP contribution is -2.53. The third-order valence-electron chi connectivity index (χ3n) is 6.79. The monoisotopic (exact) mass is 398 g/mol. The molecule has 156 valence electrons. The molecule has 0 aliphatic heterocycles. The Balaban J connectivity index is 1.25. The fourth-order valence-electron chi connectivity index (χ4n) is 5.96. The summed E-state index contributed by atoms with van der Waals surface area (Å²) in [5, 5.41) is 11.0. The summed E-state index contributed by atoms with van der Waals surface area (Å²) < 4.78 is 0. The van der Waals surface area contributed by atoms with Gasteiger partial charge in [-0.25, -0.2) is 4.79 Å². The molecule has 1 aromatic carbocycles. The van der Waals surface area contributed by atoms with E-state index in [1.165, 1.54) is 19.3 Å². The Bertz CT molecular complexity index is 772. The smallest absolute Gasteiger partial charge is 0.318 e. The molecule has 4 aliphatic carbocycles. The predicted octanol–water partition coefficient (Wildman–Crippen LogP) is 3.10. The molecule has 4 fully saturated rings. The van der Waals surface area contributed by atoms with Gasteiger partial charge in [0.05, 0.1) is 0 Å². The number of anilines is 2. The molecule has 0 heterocycles. The van der Waals surface area contributed by atoms with Gasteiger partial charge in [0.2, 0.25) is 11.8 Å². The molecule has 29 heavy (non-hydrogen) atoms. The Morgan fingerprint density at radius 3 is 2.14 bits per heavy atom. The number of carbonyl (C=O) groups is 3. The molecule has 7 nitrogen and oxygen atoms in total. The van der Waals surface area contributed by atoms with Crippen molar-refractivity contribution in [1.82, 2.24) is 10.6 Å². The van der Waals surface area contributed by atoms with E-state index in [4.69, 9.17) is 0 Å². The third-order valence-corrected chi connectivity index (χ3v) is 6.79. The van der Waals surface area contributed by atoms with E-state index in [9.17, 15) is 14.4 Å². The Morgan fingerprint density at radius 2 is 1.55 bits per heavy atom. The Kier molecular flexibility index (Phi) is 5.48. The first-order valence-electron chi connectivity index (χ1n) is 10.6. The van der Waals surface area contributed by atoms with Gasteiger partial charge >= 0.3 is 6.03 Å². The molecule has 4 saturated carbocycles. The van der Waals surface area contributed by atoms with Gasteiger partial charge in [0.25, 0.3) is 0 Å². The summed E-state index contributed by atoms with van der Waals surface area (Å²) in [7, 11) is 1.54. The average Bonchev–Trinajstić information content (AvgIpc) is 2.67. The van der Waals surface area contributed by atoms with Gasteiger partial charge in [0, 0.05) is 36.8 Å². The average molecular weight is 399 g/mol. The SMILES string of the molecule is CNC(=O)Nc1cccc(NC(=O)CCNC(=O)C23CC4CC(CC(C4)C2)C3)c1. The molecule has 0 atom stereocenters. The largest absolute Gasteiger partial charge is 0.355 e. The van der Waals surface area contributed by atoms with Crippen LogP contribution < -0.4 is 21.3 Å². The minimum absolute atomic E-state index is 0.154. The maximum atomic E-state index is 12.9. The highest BCUT2D eigenvalue weighted by Gasteiger charge is 2.54. The van der Waals surface area contributed by atoms with Gasteiger partial charge in [-0.3, -0.25) is 9.59 Å². The normalized spacial score (nSPS) is 29.2. The second-order valence-electron chi connectivity index (χ2n) is 9.04. The van der Waals surface area contributed by atoms with Gasteiger partial charge < -0.3 is 21.3 Å². The summed E-state index contributed by atoms with van der Waals surface area (Å²) in [6, 6.07) is 6.65. The van der Waals surface area contributed by atoms with E-state index in [1.54, 1.807) is 31.3 Å². The van der Waals surface area contributed by atoms with E-state index in [1.807, 2.05) is 0 Å². The zero-order valence-corrected chi connectivity index (χ0v) is 16.9. The van der Waals surface area contributed by atoms with Gasteiger partial charge in [0.1, 0.15) is 0 Å². The number of carbonyl (C=O) groups excluding carboxylic acids is 3. The van der Waals surface area contributed by atoms with E-state index in [0.29, 0.717) is 17.9 Å². The molecule has 4 amide bonds. The van der Waals surface area contributed by atoms with Gasteiger partial charge in [-0.05, 0) is 74.5 Å². The van der Waals surface area contributed by atoms with Crippen molar-refractivity contribution >= 4 is 29.2 Å². The van der Waals surface area contributed by atoms with Crippen molar-refractivity contribution in [2.75, 3.05) is 24.2 Å². The molecule has 7 heteroatoms. The van der Waals surface area contributed by atoms with Crippen LogP contribution in [-0.4, -0.2) is 31.4 Å². The first kappa shape index (κ1) is 19.7. The maximum Gasteiger partial charge on any atom is 0.318 e. The Hall–Kier alpha value is -2.57. The summed E-state index contributed by atoms with van der Waals surface area (Å²) >= 11 is 0. The summed E-state index contributed by atoms with van der Waals surface area (Å²) in [4.78, 5) is 36.6. The topological polar surface area (TPSA) is 99.3 Å². The number of hydrogen-bond donors (Lipinski definition) is 4. The minimum Gasteiger partial charge on any atom is -0.355 e. The van der Waals surface area contributed by atoms with Gasteiger partial charge in [-0.1, -0.05) is 6.07 Å². The highest BCUT2D eigenvalue weighted by atomic mass is 16.2. The lowest BCUT2D eigenvalue weighted by atomic mass is 9.49. The molecular weight excluding hydrogens is 368 g/mol. The van der Waals surface area contributed by atoms with Crippen LogP contribution in [0.15, 0.2) is 24.3 Å². The number of rotatable bonds is 6. The molecule has 0 aromatic heterocycles.